The average molecular weight is 281 g/mol. The molecule has 0 aromatic heterocycles. The van der Waals surface area contributed by atoms with Crippen molar-refractivity contribution in [2.75, 3.05) is 21.3 Å². The summed E-state index contributed by atoms with van der Waals surface area (Å²) in [5, 5.41) is 0. The van der Waals surface area contributed by atoms with Crippen LogP contribution in [0, 0.1) is 0 Å². The van der Waals surface area contributed by atoms with Gasteiger partial charge in [-0.25, -0.2) is 0 Å². The maximum Gasteiger partial charge on any atom is 0.188 e. The minimum absolute atomic E-state index is 0.521. The molecule has 0 heterocycles. The van der Waals surface area contributed by atoms with Gasteiger partial charge in [0.2, 0.25) is 0 Å². The molecule has 0 saturated heterocycles. The van der Waals surface area contributed by atoms with E-state index in [4.69, 9.17) is 13.3 Å². The molecule has 0 unspecified atom stereocenters. The van der Waals surface area contributed by atoms with Gasteiger partial charge in [0, 0.05) is 26.1 Å². The molecule has 0 aromatic rings. The predicted octanol–water partition coefficient (Wildman–Crippen LogP) is 2.99. The normalized spacial score (nSPS) is 14.6. The van der Waals surface area contributed by atoms with E-state index in [-0.39, 0.29) is 0 Å². The average Bonchev–Trinajstić information content (AvgIpc) is 2.16. The molecule has 3 nitrogen and oxygen atoms in total. The van der Waals surface area contributed by atoms with Gasteiger partial charge in [-0.3, -0.25) is 0 Å². The summed E-state index contributed by atoms with van der Waals surface area (Å²) in [6.45, 7) is 13.7. The summed E-state index contributed by atoms with van der Waals surface area (Å²) in [6.07, 6.45) is 0. The summed E-state index contributed by atoms with van der Waals surface area (Å²) in [6, 6.07) is 0. The molecule has 0 radical (unpaired) electrons. The van der Waals surface area contributed by atoms with Crippen molar-refractivity contribution in [3.05, 3.63) is 0 Å². The minimum atomic E-state index is -1.75. The Kier molecular flexibility index (Phi) is 5.63. The van der Waals surface area contributed by atoms with Crippen LogP contribution in [0.4, 0.5) is 0 Å². The highest BCUT2D eigenvalue weighted by molar-refractivity contribution is 7.08. The third kappa shape index (κ3) is 3.51. The molecule has 0 aliphatic rings. The Balaban J connectivity index is 5.40. The molecule has 16 heavy (non-hydrogen) atoms. The number of hydrogen-bond acceptors (Lipinski definition) is 3. The molecule has 0 fully saturated rings. The van der Waals surface area contributed by atoms with Gasteiger partial charge >= 0.3 is 0 Å². The fraction of sp³-hybridized carbons (Fsp3) is 1.00. The fourth-order valence-electron chi connectivity index (χ4n) is 2.86. The predicted molar refractivity (Wildman–Crippen MR) is 77.2 cm³/mol. The van der Waals surface area contributed by atoms with Crippen molar-refractivity contribution in [1.82, 2.24) is 0 Å². The second kappa shape index (κ2) is 5.45. The summed E-state index contributed by atoms with van der Waals surface area (Å²) >= 11 is 0. The van der Waals surface area contributed by atoms with E-state index in [1.807, 2.05) is 21.3 Å². The van der Waals surface area contributed by atoms with Gasteiger partial charge in [0.25, 0.3) is 0 Å². The van der Waals surface area contributed by atoms with Gasteiger partial charge in [0.05, 0.1) is 0 Å². The zero-order valence-corrected chi connectivity index (χ0v) is 15.3. The maximum atomic E-state index is 5.82. The van der Waals surface area contributed by atoms with E-state index in [0.717, 1.165) is 0 Å². The van der Waals surface area contributed by atoms with Crippen LogP contribution in [0.2, 0.25) is 44.1 Å². The lowest BCUT2D eigenvalue weighted by Gasteiger charge is -2.46. The van der Waals surface area contributed by atoms with Gasteiger partial charge in [0.1, 0.15) is 0 Å². The molecule has 0 aromatic carbocycles. The van der Waals surface area contributed by atoms with Gasteiger partial charge in [-0.2, -0.15) is 0 Å². The summed E-state index contributed by atoms with van der Waals surface area (Å²) in [5.74, 6) is 0. The highest BCUT2D eigenvalue weighted by atomic mass is 28.5. The molecule has 6 heteroatoms. The first-order valence-electron chi connectivity index (χ1n) is 5.70. The first kappa shape index (κ1) is 16.5. The Morgan fingerprint density at radius 2 is 0.750 bits per heavy atom. The van der Waals surface area contributed by atoms with E-state index in [1.54, 1.807) is 0 Å². The van der Waals surface area contributed by atoms with E-state index >= 15 is 0 Å². The largest absolute Gasteiger partial charge is 0.421 e. The lowest BCUT2D eigenvalue weighted by atomic mass is 11.7. The van der Waals surface area contributed by atoms with E-state index in [9.17, 15) is 0 Å². The Hall–Kier alpha value is 0.531. The van der Waals surface area contributed by atoms with Gasteiger partial charge in [-0.05, 0) is 39.3 Å². The molecule has 0 rings (SSSR count). The third-order valence-electron chi connectivity index (χ3n) is 3.66. The van der Waals surface area contributed by atoms with Crippen LogP contribution in [0.25, 0.3) is 0 Å². The highest BCUT2D eigenvalue weighted by Crippen LogP contribution is 2.40. The van der Waals surface area contributed by atoms with Gasteiger partial charge < -0.3 is 13.3 Å². The Labute approximate surface area is 104 Å². The molecular formula is C10H28O3Si3. The minimum Gasteiger partial charge on any atom is -0.421 e. The molecule has 0 amide bonds. The van der Waals surface area contributed by atoms with Crippen LogP contribution in [0.3, 0.4) is 0 Å². The Bertz CT molecular complexity index is 191. The molecule has 0 spiro atoms. The molecule has 98 valence electrons. The standard InChI is InChI=1S/C10H28O3Si3/c1-11-14(4,5)10(15(6,7)12-2)16(8,9)13-3/h10H,1-9H3. The molecule has 0 aliphatic heterocycles. The summed E-state index contributed by atoms with van der Waals surface area (Å²) < 4.78 is 17.5. The molecule has 0 atom stereocenters. The van der Waals surface area contributed by atoms with Crippen molar-refractivity contribution < 1.29 is 13.3 Å². The zero-order valence-electron chi connectivity index (χ0n) is 12.3. The summed E-state index contributed by atoms with van der Waals surface area (Å²) in [5.41, 5.74) is 0. The highest BCUT2D eigenvalue weighted by Gasteiger charge is 2.55. The second-order valence-corrected chi connectivity index (χ2v) is 20.2. The van der Waals surface area contributed by atoms with Crippen LogP contribution < -0.4 is 0 Å². The molecule has 0 bridgehead atoms. The van der Waals surface area contributed by atoms with E-state index in [0.29, 0.717) is 4.79 Å². The van der Waals surface area contributed by atoms with Crippen LogP contribution in [-0.2, 0) is 13.3 Å². The topological polar surface area (TPSA) is 27.7 Å². The van der Waals surface area contributed by atoms with Crippen LogP contribution in [0.5, 0.6) is 0 Å². The number of hydrogen-bond donors (Lipinski definition) is 0. The first-order valence-corrected chi connectivity index (χ1v) is 14.7. The van der Waals surface area contributed by atoms with Crippen molar-refractivity contribution >= 4 is 25.0 Å². The Morgan fingerprint density at radius 3 is 0.875 bits per heavy atom. The SMILES string of the molecule is CO[Si](C)(C)C([Si](C)(C)OC)[Si](C)(C)OC. The first-order chi connectivity index (χ1) is 7.05. The molecule has 0 aliphatic carbocycles. The third-order valence-corrected chi connectivity index (χ3v) is 23.5. The van der Waals surface area contributed by atoms with Crippen LogP contribution in [0.1, 0.15) is 0 Å². The second-order valence-electron chi connectivity index (χ2n) is 5.86. The van der Waals surface area contributed by atoms with Crippen molar-refractivity contribution in [2.24, 2.45) is 0 Å². The fourth-order valence-corrected chi connectivity index (χ4v) is 25.8. The van der Waals surface area contributed by atoms with E-state index in [2.05, 4.69) is 39.3 Å². The van der Waals surface area contributed by atoms with Gasteiger partial charge in [-0.15, -0.1) is 0 Å². The van der Waals surface area contributed by atoms with Crippen molar-refractivity contribution in [3.8, 4) is 0 Å². The summed E-state index contributed by atoms with van der Waals surface area (Å²) in [4.78, 5) is 0.521. The van der Waals surface area contributed by atoms with Crippen molar-refractivity contribution in [3.63, 3.8) is 0 Å². The summed E-state index contributed by atoms with van der Waals surface area (Å²) in [7, 11) is 0.260. The molecule has 0 saturated carbocycles. The zero-order chi connectivity index (χ0) is 13.2. The smallest absolute Gasteiger partial charge is 0.188 e. The van der Waals surface area contributed by atoms with Gasteiger partial charge in [-0.1, -0.05) is 0 Å². The molecular weight excluding hydrogens is 252 g/mol. The quantitative estimate of drug-likeness (QED) is 0.700. The van der Waals surface area contributed by atoms with Crippen LogP contribution >= 0.6 is 0 Å². The van der Waals surface area contributed by atoms with Crippen molar-refractivity contribution in [2.45, 2.75) is 44.1 Å². The van der Waals surface area contributed by atoms with Crippen molar-refractivity contribution in [1.29, 1.82) is 0 Å². The Morgan fingerprint density at radius 1 is 0.562 bits per heavy atom. The lowest BCUT2D eigenvalue weighted by molar-refractivity contribution is 0.361. The van der Waals surface area contributed by atoms with Crippen LogP contribution in [0.15, 0.2) is 0 Å². The molecule has 0 N–H and O–H groups in total. The van der Waals surface area contributed by atoms with E-state index < -0.39 is 25.0 Å². The van der Waals surface area contributed by atoms with Crippen LogP contribution in [-0.4, -0.2) is 46.3 Å². The van der Waals surface area contributed by atoms with Gasteiger partial charge in [0.15, 0.2) is 25.0 Å². The number of rotatable bonds is 6. The monoisotopic (exact) mass is 280 g/mol. The maximum absolute atomic E-state index is 5.82. The van der Waals surface area contributed by atoms with E-state index in [1.165, 1.54) is 0 Å². The lowest BCUT2D eigenvalue weighted by Crippen LogP contribution is -2.61.